The molecule has 0 unspecified atom stereocenters. The first kappa shape index (κ1) is 20.0. The highest BCUT2D eigenvalue weighted by molar-refractivity contribution is 5.94. The van der Waals surface area contributed by atoms with E-state index in [1.54, 1.807) is 19.9 Å². The molecule has 1 aromatic carbocycles. The Morgan fingerprint density at radius 2 is 1.86 bits per heavy atom. The van der Waals surface area contributed by atoms with Crippen LogP contribution in [0.1, 0.15) is 24.2 Å². The fourth-order valence-corrected chi connectivity index (χ4v) is 3.15. The zero-order chi connectivity index (χ0) is 20.1. The minimum absolute atomic E-state index is 0.226. The standard InChI is InChI=1S/C20H26N4O4/c1-14-13-17(28-22-14)21-19(25)15(2)27-20(26)18(16-7-5-4-6-8-16)24-11-9-23(3)10-12-24/h4-8,13,15,18H,9-12H2,1-3H3,(H,21,25)/t15-,18+/m1/s1. The van der Waals surface area contributed by atoms with Crippen LogP contribution in [-0.2, 0) is 14.3 Å². The van der Waals surface area contributed by atoms with E-state index >= 15 is 0 Å². The number of aromatic nitrogens is 1. The number of likely N-dealkylation sites (N-methyl/N-ethyl adjacent to an activating group) is 1. The van der Waals surface area contributed by atoms with Crippen LogP contribution in [-0.4, -0.2) is 66.2 Å². The summed E-state index contributed by atoms with van der Waals surface area (Å²) in [5, 5.41) is 6.28. The monoisotopic (exact) mass is 386 g/mol. The van der Waals surface area contributed by atoms with Crippen molar-refractivity contribution in [1.82, 2.24) is 15.0 Å². The third-order valence-electron chi connectivity index (χ3n) is 4.78. The van der Waals surface area contributed by atoms with E-state index in [9.17, 15) is 9.59 Å². The van der Waals surface area contributed by atoms with E-state index in [0.717, 1.165) is 31.7 Å². The first-order valence-corrected chi connectivity index (χ1v) is 9.36. The van der Waals surface area contributed by atoms with Gasteiger partial charge >= 0.3 is 5.97 Å². The van der Waals surface area contributed by atoms with Crippen molar-refractivity contribution >= 4 is 17.8 Å². The maximum atomic E-state index is 13.0. The molecule has 1 saturated heterocycles. The van der Waals surface area contributed by atoms with Crippen molar-refractivity contribution in [2.24, 2.45) is 0 Å². The molecule has 1 aliphatic heterocycles. The van der Waals surface area contributed by atoms with E-state index < -0.39 is 24.0 Å². The number of rotatable bonds is 6. The molecule has 3 rings (SSSR count). The van der Waals surface area contributed by atoms with Gasteiger partial charge in [0.1, 0.15) is 6.04 Å². The number of ether oxygens (including phenoxy) is 1. The predicted molar refractivity (Wildman–Crippen MR) is 104 cm³/mol. The summed E-state index contributed by atoms with van der Waals surface area (Å²) in [7, 11) is 2.06. The lowest BCUT2D eigenvalue weighted by Gasteiger charge is -2.37. The Balaban J connectivity index is 1.69. The summed E-state index contributed by atoms with van der Waals surface area (Å²) in [4.78, 5) is 29.7. The predicted octanol–water partition coefficient (Wildman–Crippen LogP) is 1.84. The number of hydrogen-bond acceptors (Lipinski definition) is 7. The van der Waals surface area contributed by atoms with Crippen LogP contribution in [0.15, 0.2) is 40.9 Å². The third-order valence-corrected chi connectivity index (χ3v) is 4.78. The first-order valence-electron chi connectivity index (χ1n) is 9.36. The van der Waals surface area contributed by atoms with Crippen LogP contribution in [0.2, 0.25) is 0 Å². The molecule has 0 saturated carbocycles. The van der Waals surface area contributed by atoms with Crippen molar-refractivity contribution in [2.45, 2.75) is 26.0 Å². The van der Waals surface area contributed by atoms with Gasteiger partial charge in [-0.25, -0.2) is 4.79 Å². The number of anilines is 1. The van der Waals surface area contributed by atoms with E-state index in [1.807, 2.05) is 30.3 Å². The van der Waals surface area contributed by atoms with Crippen molar-refractivity contribution in [1.29, 1.82) is 0 Å². The van der Waals surface area contributed by atoms with Gasteiger partial charge in [-0.3, -0.25) is 15.0 Å². The average Bonchev–Trinajstić information content (AvgIpc) is 3.09. The van der Waals surface area contributed by atoms with Crippen LogP contribution in [0.5, 0.6) is 0 Å². The number of hydrogen-bond donors (Lipinski definition) is 1. The summed E-state index contributed by atoms with van der Waals surface area (Å²) in [6, 6.07) is 10.6. The molecule has 2 atom stereocenters. The van der Waals surface area contributed by atoms with Gasteiger partial charge in [0, 0.05) is 32.2 Å². The molecule has 8 nitrogen and oxygen atoms in total. The molecule has 0 spiro atoms. The van der Waals surface area contributed by atoms with Crippen molar-refractivity contribution in [3.05, 3.63) is 47.7 Å². The number of amides is 1. The summed E-state index contributed by atoms with van der Waals surface area (Å²) in [6.45, 7) is 6.55. The van der Waals surface area contributed by atoms with Crippen LogP contribution in [0.4, 0.5) is 5.88 Å². The Kier molecular flexibility index (Phi) is 6.43. The Bertz CT molecular complexity index is 800. The average molecular weight is 386 g/mol. The highest BCUT2D eigenvalue weighted by Gasteiger charge is 2.33. The zero-order valence-electron chi connectivity index (χ0n) is 16.4. The molecule has 1 amide bonds. The number of nitrogens with one attached hydrogen (secondary N) is 1. The largest absolute Gasteiger partial charge is 0.451 e. The molecule has 28 heavy (non-hydrogen) atoms. The molecule has 2 aromatic rings. The van der Waals surface area contributed by atoms with Crippen LogP contribution in [0, 0.1) is 6.92 Å². The maximum absolute atomic E-state index is 13.0. The lowest BCUT2D eigenvalue weighted by molar-refractivity contribution is -0.159. The second-order valence-electron chi connectivity index (χ2n) is 7.05. The molecule has 8 heteroatoms. The van der Waals surface area contributed by atoms with E-state index in [0.29, 0.717) is 5.69 Å². The highest BCUT2D eigenvalue weighted by Crippen LogP contribution is 2.24. The highest BCUT2D eigenvalue weighted by atomic mass is 16.5. The smallest absolute Gasteiger partial charge is 0.328 e. The Hall–Kier alpha value is -2.71. The molecule has 2 heterocycles. The number of carbonyl (C=O) groups is 2. The quantitative estimate of drug-likeness (QED) is 0.758. The van der Waals surface area contributed by atoms with E-state index in [4.69, 9.17) is 9.26 Å². The summed E-state index contributed by atoms with van der Waals surface area (Å²) in [6.07, 6.45) is -0.961. The van der Waals surface area contributed by atoms with Gasteiger partial charge in [0.05, 0.1) is 5.69 Å². The van der Waals surface area contributed by atoms with Crippen molar-refractivity contribution in [3.8, 4) is 0 Å². The van der Waals surface area contributed by atoms with Gasteiger partial charge in [0.2, 0.25) is 5.88 Å². The third kappa shape index (κ3) is 4.96. The van der Waals surface area contributed by atoms with Gasteiger partial charge < -0.3 is 14.2 Å². The summed E-state index contributed by atoms with van der Waals surface area (Å²) >= 11 is 0. The fourth-order valence-electron chi connectivity index (χ4n) is 3.15. The van der Waals surface area contributed by atoms with Gasteiger partial charge in [-0.2, -0.15) is 0 Å². The Morgan fingerprint density at radius 1 is 1.18 bits per heavy atom. The number of carbonyl (C=O) groups excluding carboxylic acids is 2. The van der Waals surface area contributed by atoms with E-state index in [1.165, 1.54) is 0 Å². The van der Waals surface area contributed by atoms with Crippen LogP contribution in [0.3, 0.4) is 0 Å². The number of benzene rings is 1. The van der Waals surface area contributed by atoms with Crippen molar-refractivity contribution < 1.29 is 18.8 Å². The normalized spacial score (nSPS) is 17.7. The van der Waals surface area contributed by atoms with Crippen LogP contribution >= 0.6 is 0 Å². The molecule has 0 bridgehead atoms. The second-order valence-corrected chi connectivity index (χ2v) is 7.05. The van der Waals surface area contributed by atoms with Crippen molar-refractivity contribution in [2.75, 3.05) is 38.5 Å². The van der Waals surface area contributed by atoms with Crippen molar-refractivity contribution in [3.63, 3.8) is 0 Å². The minimum atomic E-state index is -0.961. The second kappa shape index (κ2) is 8.99. The van der Waals surface area contributed by atoms with E-state index in [-0.39, 0.29) is 5.88 Å². The first-order chi connectivity index (χ1) is 13.4. The molecule has 1 fully saturated rings. The Morgan fingerprint density at radius 3 is 2.46 bits per heavy atom. The molecule has 0 radical (unpaired) electrons. The molecule has 150 valence electrons. The SMILES string of the molecule is Cc1cc(NC(=O)[C@@H](C)OC(=O)[C@H](c2ccccc2)N2CCN(C)CC2)on1. The topological polar surface area (TPSA) is 87.9 Å². The lowest BCUT2D eigenvalue weighted by Crippen LogP contribution is -2.48. The number of esters is 1. The minimum Gasteiger partial charge on any atom is -0.451 e. The zero-order valence-corrected chi connectivity index (χ0v) is 16.4. The number of nitrogens with zero attached hydrogens (tertiary/aromatic N) is 3. The lowest BCUT2D eigenvalue weighted by atomic mass is 10.0. The Labute approximate surface area is 164 Å². The fraction of sp³-hybridized carbons (Fsp3) is 0.450. The summed E-state index contributed by atoms with van der Waals surface area (Å²) in [5.41, 5.74) is 1.51. The molecule has 0 aliphatic carbocycles. The van der Waals surface area contributed by atoms with E-state index in [2.05, 4.69) is 27.3 Å². The van der Waals surface area contributed by atoms with Crippen LogP contribution < -0.4 is 5.32 Å². The van der Waals surface area contributed by atoms with Gasteiger partial charge in [0.25, 0.3) is 5.91 Å². The molecular weight excluding hydrogens is 360 g/mol. The molecule has 1 aliphatic rings. The summed E-state index contributed by atoms with van der Waals surface area (Å²) in [5.74, 6) is -0.675. The van der Waals surface area contributed by atoms with Gasteiger partial charge in [-0.05, 0) is 26.5 Å². The van der Waals surface area contributed by atoms with Gasteiger partial charge in [-0.15, -0.1) is 0 Å². The molecular formula is C20H26N4O4. The summed E-state index contributed by atoms with van der Waals surface area (Å²) < 4.78 is 10.5. The molecule has 1 aromatic heterocycles. The number of piperazine rings is 1. The molecule has 1 N–H and O–H groups in total. The number of aryl methyl sites for hydroxylation is 1. The van der Waals surface area contributed by atoms with Crippen LogP contribution in [0.25, 0.3) is 0 Å². The maximum Gasteiger partial charge on any atom is 0.328 e. The van der Waals surface area contributed by atoms with Gasteiger partial charge in [0.15, 0.2) is 6.10 Å². The van der Waals surface area contributed by atoms with Gasteiger partial charge in [-0.1, -0.05) is 35.5 Å².